The van der Waals surface area contributed by atoms with Crippen molar-refractivity contribution in [3.05, 3.63) is 40.7 Å². The Hall–Kier alpha value is -2.37. The topological polar surface area (TPSA) is 94.0 Å². The van der Waals surface area contributed by atoms with Crippen molar-refractivity contribution in [3.8, 4) is 0 Å². The zero-order chi connectivity index (χ0) is 16.0. The number of carbonyl (C=O) groups is 1. The zero-order valence-corrected chi connectivity index (χ0v) is 12.9. The van der Waals surface area contributed by atoms with Crippen LogP contribution in [0.25, 0.3) is 0 Å². The summed E-state index contributed by atoms with van der Waals surface area (Å²) in [6.07, 6.45) is 6.15. The fraction of sp³-hybridized carbons (Fsp3) is 0.471. The lowest BCUT2D eigenvalue weighted by Gasteiger charge is -2.30. The molecule has 4 rings (SSSR count). The lowest BCUT2D eigenvalue weighted by Crippen LogP contribution is -2.32. The van der Waals surface area contributed by atoms with Crippen LogP contribution in [0.5, 0.6) is 0 Å². The number of aryl methyl sites for hydroxylation is 3. The number of rotatable bonds is 2. The highest BCUT2D eigenvalue weighted by Crippen LogP contribution is 2.39. The molecule has 1 aromatic carbocycles. The van der Waals surface area contributed by atoms with Gasteiger partial charge in [0.25, 0.3) is 0 Å². The Labute approximate surface area is 134 Å². The molecule has 0 amide bonds. The quantitative estimate of drug-likeness (QED) is 0.885. The normalized spacial score (nSPS) is 23.1. The third-order valence-electron chi connectivity index (χ3n) is 5.10. The highest BCUT2D eigenvalue weighted by molar-refractivity contribution is 5.73. The van der Waals surface area contributed by atoms with Crippen molar-refractivity contribution < 1.29 is 9.90 Å². The summed E-state index contributed by atoms with van der Waals surface area (Å²) in [4.78, 5) is 16.0. The SMILES string of the molecule is Nc1nc2n(n1)C(C(=O)O)C(c1ccc3c(c1)CCCC3)CC2. The molecule has 2 heterocycles. The fourth-order valence-electron chi connectivity index (χ4n) is 3.99. The first-order valence-electron chi connectivity index (χ1n) is 8.19. The van der Waals surface area contributed by atoms with Gasteiger partial charge in [0, 0.05) is 12.3 Å². The average molecular weight is 312 g/mol. The number of anilines is 1. The average Bonchev–Trinajstić information content (AvgIpc) is 2.93. The minimum absolute atomic E-state index is 0.0895. The van der Waals surface area contributed by atoms with Gasteiger partial charge in [-0.2, -0.15) is 4.98 Å². The second kappa shape index (κ2) is 5.37. The molecule has 3 N–H and O–H groups in total. The summed E-state index contributed by atoms with van der Waals surface area (Å²) in [7, 11) is 0. The van der Waals surface area contributed by atoms with Crippen molar-refractivity contribution in [2.24, 2.45) is 0 Å². The van der Waals surface area contributed by atoms with E-state index in [4.69, 9.17) is 5.73 Å². The number of fused-ring (bicyclic) bond motifs is 2. The van der Waals surface area contributed by atoms with E-state index < -0.39 is 12.0 Å². The molecule has 1 aliphatic carbocycles. The molecule has 2 aliphatic rings. The number of aromatic nitrogens is 3. The van der Waals surface area contributed by atoms with E-state index in [0.717, 1.165) is 24.8 Å². The van der Waals surface area contributed by atoms with Crippen LogP contribution in [0.2, 0.25) is 0 Å². The Kier molecular flexibility index (Phi) is 3.32. The van der Waals surface area contributed by atoms with Gasteiger partial charge >= 0.3 is 5.97 Å². The summed E-state index contributed by atoms with van der Waals surface area (Å²) in [6, 6.07) is 5.75. The Morgan fingerprint density at radius 2 is 2.00 bits per heavy atom. The number of carboxylic acid groups (broad SMARTS) is 1. The van der Waals surface area contributed by atoms with Crippen LogP contribution < -0.4 is 5.73 Å². The van der Waals surface area contributed by atoms with Crippen LogP contribution in [0.1, 0.15) is 53.7 Å². The highest BCUT2D eigenvalue weighted by atomic mass is 16.4. The smallest absolute Gasteiger partial charge is 0.329 e. The van der Waals surface area contributed by atoms with Crippen LogP contribution in [-0.4, -0.2) is 25.8 Å². The summed E-state index contributed by atoms with van der Waals surface area (Å²) in [5.74, 6) is -0.145. The number of benzene rings is 1. The number of nitrogens with zero attached hydrogens (tertiary/aromatic N) is 3. The third-order valence-corrected chi connectivity index (χ3v) is 5.10. The van der Waals surface area contributed by atoms with Gasteiger partial charge in [-0.05, 0) is 48.8 Å². The van der Waals surface area contributed by atoms with Crippen molar-refractivity contribution >= 4 is 11.9 Å². The minimum atomic E-state index is -0.876. The maximum absolute atomic E-state index is 11.9. The third kappa shape index (κ3) is 2.38. The molecule has 1 aliphatic heterocycles. The molecule has 0 saturated carbocycles. The molecule has 23 heavy (non-hydrogen) atoms. The number of hydrogen-bond acceptors (Lipinski definition) is 4. The standard InChI is InChI=1S/C17H20N4O2/c18-17-19-14-8-7-13(15(16(22)23)21(14)20-17)12-6-5-10-3-1-2-4-11(10)9-12/h5-6,9,13,15H,1-4,7-8H2,(H2,18,20)(H,22,23). The number of hydrogen-bond donors (Lipinski definition) is 2. The van der Waals surface area contributed by atoms with Crippen molar-refractivity contribution in [1.82, 2.24) is 14.8 Å². The van der Waals surface area contributed by atoms with Crippen LogP contribution in [0.3, 0.4) is 0 Å². The van der Waals surface area contributed by atoms with Crippen LogP contribution in [0.15, 0.2) is 18.2 Å². The van der Waals surface area contributed by atoms with E-state index in [9.17, 15) is 9.90 Å². The van der Waals surface area contributed by atoms with Crippen molar-refractivity contribution in [3.63, 3.8) is 0 Å². The molecule has 0 spiro atoms. The van der Waals surface area contributed by atoms with Gasteiger partial charge in [0.15, 0.2) is 6.04 Å². The monoisotopic (exact) mass is 312 g/mol. The van der Waals surface area contributed by atoms with Gasteiger partial charge < -0.3 is 10.8 Å². The van der Waals surface area contributed by atoms with Gasteiger partial charge in [-0.15, -0.1) is 5.10 Å². The predicted octanol–water partition coefficient (Wildman–Crippen LogP) is 2.09. The Balaban J connectivity index is 1.74. The minimum Gasteiger partial charge on any atom is -0.480 e. The maximum Gasteiger partial charge on any atom is 0.329 e. The van der Waals surface area contributed by atoms with Gasteiger partial charge in [-0.3, -0.25) is 0 Å². The summed E-state index contributed by atoms with van der Waals surface area (Å²) in [5.41, 5.74) is 9.54. The number of nitrogen functional groups attached to an aromatic ring is 1. The molecule has 0 saturated heterocycles. The molecule has 0 fully saturated rings. The van der Waals surface area contributed by atoms with Crippen LogP contribution in [-0.2, 0) is 24.1 Å². The summed E-state index contributed by atoms with van der Waals surface area (Å²) in [6.45, 7) is 0. The Morgan fingerprint density at radius 1 is 1.22 bits per heavy atom. The van der Waals surface area contributed by atoms with E-state index in [1.165, 1.54) is 28.7 Å². The van der Waals surface area contributed by atoms with E-state index in [-0.39, 0.29) is 11.9 Å². The second-order valence-electron chi connectivity index (χ2n) is 6.49. The van der Waals surface area contributed by atoms with Gasteiger partial charge in [-0.25, -0.2) is 9.48 Å². The molecular formula is C17H20N4O2. The van der Waals surface area contributed by atoms with Gasteiger partial charge in [-0.1, -0.05) is 18.2 Å². The molecule has 0 bridgehead atoms. The molecule has 120 valence electrons. The van der Waals surface area contributed by atoms with Crippen molar-refractivity contribution in [1.29, 1.82) is 0 Å². The van der Waals surface area contributed by atoms with Crippen molar-refractivity contribution in [2.75, 3.05) is 5.73 Å². The molecule has 1 aromatic heterocycles. The fourth-order valence-corrected chi connectivity index (χ4v) is 3.99. The molecule has 2 atom stereocenters. The molecule has 2 unspecified atom stereocenters. The van der Waals surface area contributed by atoms with E-state index >= 15 is 0 Å². The van der Waals surface area contributed by atoms with Gasteiger partial charge in [0.2, 0.25) is 5.95 Å². The highest BCUT2D eigenvalue weighted by Gasteiger charge is 2.37. The van der Waals surface area contributed by atoms with E-state index in [1.54, 1.807) is 0 Å². The number of nitrogens with two attached hydrogens (primary N) is 1. The zero-order valence-electron chi connectivity index (χ0n) is 12.9. The van der Waals surface area contributed by atoms with Gasteiger partial charge in [0.05, 0.1) is 0 Å². The summed E-state index contributed by atoms with van der Waals surface area (Å²) >= 11 is 0. The number of carboxylic acids is 1. The molecule has 6 heteroatoms. The van der Waals surface area contributed by atoms with E-state index in [2.05, 4.69) is 28.3 Å². The first-order valence-corrected chi connectivity index (χ1v) is 8.19. The predicted molar refractivity (Wildman–Crippen MR) is 85.3 cm³/mol. The summed E-state index contributed by atoms with van der Waals surface area (Å²) in [5, 5.41) is 13.9. The Morgan fingerprint density at radius 3 is 2.78 bits per heavy atom. The molecule has 0 radical (unpaired) electrons. The first kappa shape index (κ1) is 14.2. The van der Waals surface area contributed by atoms with Crippen LogP contribution >= 0.6 is 0 Å². The Bertz CT molecular complexity index is 768. The van der Waals surface area contributed by atoms with E-state index in [1.807, 2.05) is 0 Å². The maximum atomic E-state index is 11.9. The number of aliphatic carboxylic acids is 1. The largest absolute Gasteiger partial charge is 0.480 e. The lowest BCUT2D eigenvalue weighted by molar-refractivity contribution is -0.142. The second-order valence-corrected chi connectivity index (χ2v) is 6.49. The summed E-state index contributed by atoms with van der Waals surface area (Å²) < 4.78 is 1.51. The molecule has 2 aromatic rings. The van der Waals surface area contributed by atoms with E-state index in [0.29, 0.717) is 12.2 Å². The molecule has 6 nitrogen and oxygen atoms in total. The first-order chi connectivity index (χ1) is 11.1. The van der Waals surface area contributed by atoms with Gasteiger partial charge in [0.1, 0.15) is 5.82 Å². The van der Waals surface area contributed by atoms with Crippen LogP contribution in [0.4, 0.5) is 5.95 Å². The lowest BCUT2D eigenvalue weighted by atomic mass is 9.81. The van der Waals surface area contributed by atoms with Crippen LogP contribution in [0, 0.1) is 0 Å². The van der Waals surface area contributed by atoms with Crippen molar-refractivity contribution in [2.45, 2.75) is 50.5 Å². The molecular weight excluding hydrogens is 292 g/mol.